The number of halogens is 4. The SMILES string of the molecule is O=C(NCCc1nnc2c(C(F)(F)F)cc(Cl)cn12)C(c1ccccc1)c1ccccc1. The van der Waals surface area contributed by atoms with Gasteiger partial charge in [-0.15, -0.1) is 10.2 Å². The van der Waals surface area contributed by atoms with Crippen molar-refractivity contribution in [3.63, 3.8) is 0 Å². The quantitative estimate of drug-likeness (QED) is 0.447. The Kier molecular flexibility index (Phi) is 6.14. The van der Waals surface area contributed by atoms with Crippen LogP contribution in [-0.2, 0) is 17.4 Å². The van der Waals surface area contributed by atoms with Crippen molar-refractivity contribution in [1.29, 1.82) is 0 Å². The van der Waals surface area contributed by atoms with Gasteiger partial charge in [-0.2, -0.15) is 13.2 Å². The minimum absolute atomic E-state index is 0.0804. The number of hydrogen-bond acceptors (Lipinski definition) is 3. The molecule has 0 fully saturated rings. The molecule has 0 spiro atoms. The zero-order chi connectivity index (χ0) is 22.7. The molecule has 0 aliphatic carbocycles. The third kappa shape index (κ3) is 4.60. The van der Waals surface area contributed by atoms with Gasteiger partial charge in [-0.05, 0) is 17.2 Å². The summed E-state index contributed by atoms with van der Waals surface area (Å²) in [5.74, 6) is -0.465. The predicted octanol–water partition coefficient (Wildman–Crippen LogP) is 4.89. The highest BCUT2D eigenvalue weighted by molar-refractivity contribution is 6.30. The van der Waals surface area contributed by atoms with Gasteiger partial charge >= 0.3 is 6.18 Å². The second-order valence-electron chi connectivity index (χ2n) is 7.17. The van der Waals surface area contributed by atoms with E-state index in [2.05, 4.69) is 15.5 Å². The van der Waals surface area contributed by atoms with Crippen LogP contribution >= 0.6 is 11.6 Å². The first kappa shape index (κ1) is 21.8. The highest BCUT2D eigenvalue weighted by atomic mass is 35.5. The van der Waals surface area contributed by atoms with Gasteiger partial charge in [-0.3, -0.25) is 9.20 Å². The van der Waals surface area contributed by atoms with Gasteiger partial charge in [0.2, 0.25) is 5.91 Å². The largest absolute Gasteiger partial charge is 0.420 e. The van der Waals surface area contributed by atoms with Gasteiger partial charge in [-0.1, -0.05) is 72.3 Å². The number of carbonyl (C=O) groups is 1. The summed E-state index contributed by atoms with van der Waals surface area (Å²) in [5, 5.41) is 10.3. The molecule has 5 nitrogen and oxygen atoms in total. The number of hydrogen-bond donors (Lipinski definition) is 1. The lowest BCUT2D eigenvalue weighted by molar-refractivity contribution is -0.136. The molecule has 164 valence electrons. The van der Waals surface area contributed by atoms with Crippen LogP contribution in [0.3, 0.4) is 0 Å². The summed E-state index contributed by atoms with van der Waals surface area (Å²) >= 11 is 5.87. The highest BCUT2D eigenvalue weighted by Gasteiger charge is 2.35. The van der Waals surface area contributed by atoms with Gasteiger partial charge in [0.25, 0.3) is 0 Å². The van der Waals surface area contributed by atoms with Gasteiger partial charge in [0.15, 0.2) is 5.65 Å². The molecular weight excluding hydrogens is 441 g/mol. The average molecular weight is 459 g/mol. The number of rotatable bonds is 6. The third-order valence-corrected chi connectivity index (χ3v) is 5.23. The van der Waals surface area contributed by atoms with Crippen molar-refractivity contribution in [2.75, 3.05) is 6.54 Å². The maximum absolute atomic E-state index is 13.3. The highest BCUT2D eigenvalue weighted by Crippen LogP contribution is 2.33. The molecule has 0 radical (unpaired) electrons. The van der Waals surface area contributed by atoms with E-state index in [4.69, 9.17) is 11.6 Å². The normalized spacial score (nSPS) is 11.8. The third-order valence-electron chi connectivity index (χ3n) is 5.02. The molecule has 2 aromatic heterocycles. The molecule has 4 rings (SSSR count). The Morgan fingerprint density at radius 1 is 1.00 bits per heavy atom. The summed E-state index contributed by atoms with van der Waals surface area (Å²) in [6, 6.07) is 19.5. The van der Waals surface area contributed by atoms with Crippen LogP contribution in [0.25, 0.3) is 5.65 Å². The van der Waals surface area contributed by atoms with E-state index in [0.717, 1.165) is 17.2 Å². The van der Waals surface area contributed by atoms with Crippen LogP contribution < -0.4 is 5.32 Å². The molecule has 0 aliphatic heterocycles. The van der Waals surface area contributed by atoms with Crippen LogP contribution in [-0.4, -0.2) is 27.0 Å². The summed E-state index contributed by atoms with van der Waals surface area (Å²) in [6.07, 6.45) is -3.09. The molecule has 1 amide bonds. The van der Waals surface area contributed by atoms with Gasteiger partial charge in [0.1, 0.15) is 11.4 Å². The number of amides is 1. The molecule has 0 saturated heterocycles. The molecular formula is C23H18ClF3N4O. The first-order valence-electron chi connectivity index (χ1n) is 9.82. The van der Waals surface area contributed by atoms with Crippen LogP contribution in [0.1, 0.15) is 28.4 Å². The topological polar surface area (TPSA) is 59.3 Å². The smallest absolute Gasteiger partial charge is 0.355 e. The first-order valence-corrected chi connectivity index (χ1v) is 10.2. The minimum Gasteiger partial charge on any atom is -0.355 e. The lowest BCUT2D eigenvalue weighted by Crippen LogP contribution is -2.32. The van der Waals surface area contributed by atoms with Crippen molar-refractivity contribution in [1.82, 2.24) is 19.9 Å². The van der Waals surface area contributed by atoms with Crippen molar-refractivity contribution in [2.45, 2.75) is 18.5 Å². The number of pyridine rings is 1. The molecule has 0 bridgehead atoms. The van der Waals surface area contributed by atoms with Crippen molar-refractivity contribution in [2.24, 2.45) is 0 Å². The second-order valence-corrected chi connectivity index (χ2v) is 7.61. The maximum atomic E-state index is 13.3. The lowest BCUT2D eigenvalue weighted by atomic mass is 9.90. The molecule has 2 heterocycles. The Morgan fingerprint density at radius 2 is 1.59 bits per heavy atom. The summed E-state index contributed by atoms with van der Waals surface area (Å²) < 4.78 is 41.0. The summed E-state index contributed by atoms with van der Waals surface area (Å²) in [5.41, 5.74) is 0.395. The Labute approximate surface area is 186 Å². The molecule has 0 saturated carbocycles. The Bertz CT molecular complexity index is 1190. The number of fused-ring (bicyclic) bond motifs is 1. The van der Waals surface area contributed by atoms with Crippen LogP contribution in [0.15, 0.2) is 72.9 Å². The number of carbonyl (C=O) groups excluding carboxylic acids is 1. The fourth-order valence-electron chi connectivity index (χ4n) is 3.57. The van der Waals surface area contributed by atoms with Crippen LogP contribution in [0.4, 0.5) is 13.2 Å². The number of alkyl halides is 3. The fraction of sp³-hybridized carbons (Fsp3) is 0.174. The van der Waals surface area contributed by atoms with E-state index >= 15 is 0 Å². The Morgan fingerprint density at radius 3 is 2.16 bits per heavy atom. The number of benzene rings is 2. The number of nitrogens with zero attached hydrogens (tertiary/aromatic N) is 3. The van der Waals surface area contributed by atoms with E-state index in [9.17, 15) is 18.0 Å². The van der Waals surface area contributed by atoms with E-state index in [0.29, 0.717) is 0 Å². The molecule has 0 aliphatic rings. The van der Waals surface area contributed by atoms with E-state index in [1.165, 1.54) is 10.6 Å². The van der Waals surface area contributed by atoms with E-state index in [-0.39, 0.29) is 35.4 Å². The van der Waals surface area contributed by atoms with E-state index < -0.39 is 17.7 Å². The van der Waals surface area contributed by atoms with Gasteiger partial charge in [0.05, 0.1) is 10.9 Å². The molecule has 9 heteroatoms. The Balaban J connectivity index is 1.53. The van der Waals surface area contributed by atoms with E-state index in [1.54, 1.807) is 0 Å². The molecule has 1 N–H and O–H groups in total. The van der Waals surface area contributed by atoms with Crippen LogP contribution in [0.2, 0.25) is 5.02 Å². The molecule has 0 unspecified atom stereocenters. The van der Waals surface area contributed by atoms with Crippen LogP contribution in [0, 0.1) is 0 Å². The molecule has 0 atom stereocenters. The van der Waals surface area contributed by atoms with Gasteiger partial charge in [-0.25, -0.2) is 0 Å². The lowest BCUT2D eigenvalue weighted by Gasteiger charge is -2.17. The van der Waals surface area contributed by atoms with E-state index in [1.807, 2.05) is 60.7 Å². The van der Waals surface area contributed by atoms with Crippen molar-refractivity contribution in [3.8, 4) is 0 Å². The maximum Gasteiger partial charge on any atom is 0.420 e. The standard InChI is InChI=1S/C23H18ClF3N4O/c24-17-13-18(23(25,26)27)21-30-29-19(31(21)14-17)11-12-28-22(32)20(15-7-3-1-4-8-15)16-9-5-2-6-10-16/h1-10,13-14,20H,11-12H2,(H,28,32). The van der Waals surface area contributed by atoms with Gasteiger partial charge in [0, 0.05) is 19.2 Å². The minimum atomic E-state index is -4.61. The number of aromatic nitrogens is 3. The molecule has 32 heavy (non-hydrogen) atoms. The predicted molar refractivity (Wildman–Crippen MR) is 114 cm³/mol. The summed E-state index contributed by atoms with van der Waals surface area (Å²) in [6.45, 7) is 0.170. The number of nitrogens with one attached hydrogen (secondary N) is 1. The second kappa shape index (κ2) is 9.00. The zero-order valence-electron chi connectivity index (χ0n) is 16.7. The zero-order valence-corrected chi connectivity index (χ0v) is 17.4. The first-order chi connectivity index (χ1) is 15.3. The summed E-state index contributed by atoms with van der Waals surface area (Å²) in [4.78, 5) is 13.1. The van der Waals surface area contributed by atoms with Crippen molar-refractivity contribution in [3.05, 3.63) is 100 Å². The van der Waals surface area contributed by atoms with Gasteiger partial charge < -0.3 is 5.32 Å². The molecule has 4 aromatic rings. The van der Waals surface area contributed by atoms with Crippen LogP contribution in [0.5, 0.6) is 0 Å². The monoisotopic (exact) mass is 458 g/mol. The Hall–Kier alpha value is -3.39. The summed E-state index contributed by atoms with van der Waals surface area (Å²) in [7, 11) is 0. The van der Waals surface area contributed by atoms with Crippen molar-refractivity contribution >= 4 is 23.2 Å². The average Bonchev–Trinajstić information content (AvgIpc) is 3.17. The molecule has 2 aromatic carbocycles. The fourth-order valence-corrected chi connectivity index (χ4v) is 3.78. The van der Waals surface area contributed by atoms with Crippen molar-refractivity contribution < 1.29 is 18.0 Å².